The highest BCUT2D eigenvalue weighted by Crippen LogP contribution is 2.28. The molecule has 166 valence electrons. The van der Waals surface area contributed by atoms with Gasteiger partial charge in [0.05, 0.1) is 0 Å². The molecule has 0 saturated heterocycles. The van der Waals surface area contributed by atoms with Crippen LogP contribution >= 0.6 is 0 Å². The van der Waals surface area contributed by atoms with Crippen molar-refractivity contribution < 1.29 is 9.18 Å². The summed E-state index contributed by atoms with van der Waals surface area (Å²) in [6, 6.07) is 25.2. The molecule has 0 aliphatic carbocycles. The minimum atomic E-state index is -0.444. The van der Waals surface area contributed by atoms with Gasteiger partial charge in [0.1, 0.15) is 17.8 Å². The standard InChI is InChI=1S/C25H23FN6O/c26-21-13-11-20(12-14-21)25(33)31-30-23-22(27)24(29-17-28-23)32(15-18-7-3-1-4-8-18)16-19-9-5-2-6-10-19/h1-14,17H,15-16,27H2,(H,31,33)(H,28,29,30). The monoisotopic (exact) mass is 442 g/mol. The molecule has 3 aromatic carbocycles. The van der Waals surface area contributed by atoms with Crippen LogP contribution in [0.1, 0.15) is 21.5 Å². The molecular weight excluding hydrogens is 419 g/mol. The number of anilines is 3. The zero-order valence-corrected chi connectivity index (χ0v) is 17.8. The van der Waals surface area contributed by atoms with E-state index < -0.39 is 11.7 Å². The Kier molecular flexibility index (Phi) is 6.75. The molecule has 8 heteroatoms. The third kappa shape index (κ3) is 5.62. The summed E-state index contributed by atoms with van der Waals surface area (Å²) < 4.78 is 13.1. The number of aromatic nitrogens is 2. The van der Waals surface area contributed by atoms with E-state index in [2.05, 4.69) is 25.7 Å². The van der Waals surface area contributed by atoms with Crippen LogP contribution in [0.5, 0.6) is 0 Å². The number of amides is 1. The number of carbonyl (C=O) groups excluding carboxylic acids is 1. The van der Waals surface area contributed by atoms with Gasteiger partial charge < -0.3 is 10.6 Å². The van der Waals surface area contributed by atoms with Crippen molar-refractivity contribution in [2.75, 3.05) is 16.1 Å². The van der Waals surface area contributed by atoms with Gasteiger partial charge in [0.15, 0.2) is 11.6 Å². The van der Waals surface area contributed by atoms with E-state index in [-0.39, 0.29) is 5.82 Å². The maximum atomic E-state index is 13.1. The number of nitrogens with two attached hydrogens (primary N) is 1. The fraction of sp³-hybridized carbons (Fsp3) is 0.0800. The van der Waals surface area contributed by atoms with Crippen LogP contribution in [0, 0.1) is 5.82 Å². The molecule has 0 atom stereocenters. The number of nitrogens with zero attached hydrogens (tertiary/aromatic N) is 3. The molecular formula is C25H23FN6O. The molecule has 0 unspecified atom stereocenters. The largest absolute Gasteiger partial charge is 0.393 e. The van der Waals surface area contributed by atoms with Crippen molar-refractivity contribution in [1.29, 1.82) is 0 Å². The van der Waals surface area contributed by atoms with Crippen LogP contribution in [0.3, 0.4) is 0 Å². The van der Waals surface area contributed by atoms with Gasteiger partial charge in [0.2, 0.25) is 0 Å². The smallest absolute Gasteiger partial charge is 0.269 e. The van der Waals surface area contributed by atoms with Crippen LogP contribution in [0.2, 0.25) is 0 Å². The number of carbonyl (C=O) groups is 1. The average Bonchev–Trinajstić information content (AvgIpc) is 2.84. The summed E-state index contributed by atoms with van der Waals surface area (Å²) in [5.41, 5.74) is 14.5. The van der Waals surface area contributed by atoms with Crippen LogP contribution in [0.4, 0.5) is 21.7 Å². The first-order chi connectivity index (χ1) is 16.1. The quantitative estimate of drug-likeness (QED) is 0.355. The molecule has 4 aromatic rings. The van der Waals surface area contributed by atoms with Crippen molar-refractivity contribution in [2.45, 2.75) is 13.1 Å². The Labute approximate surface area is 191 Å². The Bertz CT molecular complexity index is 1160. The number of hydrogen-bond acceptors (Lipinski definition) is 6. The maximum absolute atomic E-state index is 13.1. The number of benzene rings is 3. The molecule has 1 heterocycles. The van der Waals surface area contributed by atoms with E-state index in [4.69, 9.17) is 5.73 Å². The third-order valence-corrected chi connectivity index (χ3v) is 5.00. The highest BCUT2D eigenvalue weighted by molar-refractivity contribution is 5.95. The predicted molar refractivity (Wildman–Crippen MR) is 127 cm³/mol. The maximum Gasteiger partial charge on any atom is 0.269 e. The number of rotatable bonds is 8. The summed E-state index contributed by atoms with van der Waals surface area (Å²) in [7, 11) is 0. The Balaban J connectivity index is 1.56. The number of hydrazine groups is 1. The summed E-state index contributed by atoms with van der Waals surface area (Å²) in [6.45, 7) is 1.16. The molecule has 0 fully saturated rings. The van der Waals surface area contributed by atoms with Crippen LogP contribution < -0.4 is 21.5 Å². The molecule has 1 aromatic heterocycles. The van der Waals surface area contributed by atoms with E-state index in [9.17, 15) is 9.18 Å². The molecule has 33 heavy (non-hydrogen) atoms. The van der Waals surface area contributed by atoms with Crippen molar-refractivity contribution in [3.8, 4) is 0 Å². The van der Waals surface area contributed by atoms with Crippen molar-refractivity contribution in [1.82, 2.24) is 15.4 Å². The van der Waals surface area contributed by atoms with E-state index in [0.717, 1.165) is 11.1 Å². The topological polar surface area (TPSA) is 96.2 Å². The van der Waals surface area contributed by atoms with Crippen LogP contribution in [-0.2, 0) is 13.1 Å². The van der Waals surface area contributed by atoms with E-state index in [0.29, 0.717) is 30.2 Å². The first-order valence-electron chi connectivity index (χ1n) is 10.4. The fourth-order valence-corrected chi connectivity index (χ4v) is 3.34. The number of halogens is 1. The minimum Gasteiger partial charge on any atom is -0.393 e. The van der Waals surface area contributed by atoms with E-state index >= 15 is 0 Å². The lowest BCUT2D eigenvalue weighted by Crippen LogP contribution is -2.31. The van der Waals surface area contributed by atoms with Crippen molar-refractivity contribution in [3.63, 3.8) is 0 Å². The number of hydrogen-bond donors (Lipinski definition) is 3. The summed E-state index contributed by atoms with van der Waals surface area (Å²) >= 11 is 0. The van der Waals surface area contributed by atoms with Gasteiger partial charge >= 0.3 is 0 Å². The molecule has 0 saturated carbocycles. The zero-order valence-electron chi connectivity index (χ0n) is 17.8. The number of nitrogen functional groups attached to an aromatic ring is 1. The van der Waals surface area contributed by atoms with Crippen molar-refractivity contribution >= 4 is 23.2 Å². The Hall–Kier alpha value is -4.46. The Morgan fingerprint density at radius 3 is 2.00 bits per heavy atom. The van der Waals surface area contributed by atoms with Crippen LogP contribution in [0.25, 0.3) is 0 Å². The minimum absolute atomic E-state index is 0.265. The second kappa shape index (κ2) is 10.2. The van der Waals surface area contributed by atoms with Crippen molar-refractivity contribution in [2.24, 2.45) is 0 Å². The van der Waals surface area contributed by atoms with Gasteiger partial charge in [-0.2, -0.15) is 0 Å². The molecule has 4 rings (SSSR count). The molecule has 0 aliphatic rings. The Morgan fingerprint density at radius 1 is 0.848 bits per heavy atom. The SMILES string of the molecule is Nc1c(NNC(=O)c2ccc(F)cc2)ncnc1N(Cc1ccccc1)Cc1ccccc1. The average molecular weight is 442 g/mol. The van der Waals surface area contributed by atoms with Crippen LogP contribution in [-0.4, -0.2) is 15.9 Å². The molecule has 0 radical (unpaired) electrons. The van der Waals surface area contributed by atoms with Gasteiger partial charge in [0, 0.05) is 18.7 Å². The normalized spacial score (nSPS) is 10.5. The van der Waals surface area contributed by atoms with Gasteiger partial charge in [-0.25, -0.2) is 14.4 Å². The van der Waals surface area contributed by atoms with E-state index in [1.165, 1.54) is 30.6 Å². The molecule has 7 nitrogen and oxygen atoms in total. The second-order valence-corrected chi connectivity index (χ2v) is 7.37. The lowest BCUT2D eigenvalue weighted by atomic mass is 10.1. The summed E-state index contributed by atoms with van der Waals surface area (Å²) in [6.07, 6.45) is 1.39. The lowest BCUT2D eigenvalue weighted by Gasteiger charge is -2.26. The summed E-state index contributed by atoms with van der Waals surface area (Å²) in [4.78, 5) is 23.0. The first-order valence-corrected chi connectivity index (χ1v) is 10.4. The van der Waals surface area contributed by atoms with Crippen LogP contribution in [0.15, 0.2) is 91.3 Å². The zero-order chi connectivity index (χ0) is 23.0. The highest BCUT2D eigenvalue weighted by atomic mass is 19.1. The van der Waals surface area contributed by atoms with Gasteiger partial charge in [0.25, 0.3) is 5.91 Å². The first kappa shape index (κ1) is 21.8. The number of nitrogens with one attached hydrogen (secondary N) is 2. The van der Waals surface area contributed by atoms with Gasteiger partial charge in [-0.1, -0.05) is 60.7 Å². The van der Waals surface area contributed by atoms with Gasteiger partial charge in [-0.3, -0.25) is 15.6 Å². The second-order valence-electron chi connectivity index (χ2n) is 7.37. The molecule has 0 spiro atoms. The van der Waals surface area contributed by atoms with E-state index in [1.807, 2.05) is 60.7 Å². The molecule has 1 amide bonds. The summed E-state index contributed by atoms with van der Waals surface area (Å²) in [5, 5.41) is 0. The van der Waals surface area contributed by atoms with Crippen molar-refractivity contribution in [3.05, 3.63) is 114 Å². The molecule has 4 N–H and O–H groups in total. The Morgan fingerprint density at radius 2 is 1.42 bits per heavy atom. The summed E-state index contributed by atoms with van der Waals surface area (Å²) in [5.74, 6) is -0.0565. The molecule has 0 bridgehead atoms. The fourth-order valence-electron chi connectivity index (χ4n) is 3.34. The molecule has 0 aliphatic heterocycles. The van der Waals surface area contributed by atoms with Gasteiger partial charge in [-0.05, 0) is 35.4 Å². The van der Waals surface area contributed by atoms with E-state index in [1.54, 1.807) is 0 Å². The van der Waals surface area contributed by atoms with Gasteiger partial charge in [-0.15, -0.1) is 0 Å². The lowest BCUT2D eigenvalue weighted by molar-refractivity contribution is 0.0962. The highest BCUT2D eigenvalue weighted by Gasteiger charge is 2.17. The predicted octanol–water partition coefficient (Wildman–Crippen LogP) is 4.16. The third-order valence-electron chi connectivity index (χ3n) is 5.00.